The minimum atomic E-state index is -1.22. The first-order chi connectivity index (χ1) is 5.11. The molecule has 1 aliphatic heterocycles. The van der Waals surface area contributed by atoms with Gasteiger partial charge in [-0.2, -0.15) is 0 Å². The summed E-state index contributed by atoms with van der Waals surface area (Å²) < 4.78 is 0. The summed E-state index contributed by atoms with van der Waals surface area (Å²) >= 11 is 0. The molecule has 0 saturated heterocycles. The topological polar surface area (TPSA) is 65.4 Å². The van der Waals surface area contributed by atoms with E-state index in [0.717, 1.165) is 0 Å². The molecular weight excluding hydrogens is 150 g/mol. The Hall–Kier alpha value is -1.14. The zero-order valence-corrected chi connectivity index (χ0v) is 6.26. The van der Waals surface area contributed by atoms with Crippen molar-refractivity contribution >= 4 is 12.3 Å². The maximum Gasteiger partial charge on any atom is 0.453 e. The molecule has 11 heavy (non-hydrogen) atoms. The Morgan fingerprint density at radius 1 is 1.82 bits per heavy atom. The molecule has 0 bridgehead atoms. The van der Waals surface area contributed by atoms with Crippen LogP contribution in [0.3, 0.4) is 0 Å². The number of rotatable bonds is 1. The predicted molar refractivity (Wildman–Crippen MR) is 36.9 cm³/mol. The molecule has 1 atom stereocenters. The average molecular weight is 159 g/mol. The first kappa shape index (κ1) is 7.96. The van der Waals surface area contributed by atoms with Crippen LogP contribution in [0.1, 0.15) is 0 Å². The first-order valence-corrected chi connectivity index (χ1v) is 3.01. The van der Waals surface area contributed by atoms with E-state index in [2.05, 4.69) is 5.10 Å². The summed E-state index contributed by atoms with van der Waals surface area (Å²) in [6.45, 7) is 0. The molecule has 6 nitrogen and oxygen atoms in total. The second-order valence-corrected chi connectivity index (χ2v) is 2.28. The van der Waals surface area contributed by atoms with Crippen LogP contribution in [-0.2, 0) is 4.84 Å². The summed E-state index contributed by atoms with van der Waals surface area (Å²) in [5.74, 6) is 0. The van der Waals surface area contributed by atoms with Crippen molar-refractivity contribution in [2.75, 3.05) is 14.1 Å². The lowest BCUT2D eigenvalue weighted by atomic mass is 10.6. The molecule has 0 spiro atoms. The molecule has 0 fully saturated rings. The number of amides is 1. The fourth-order valence-corrected chi connectivity index (χ4v) is 0.596. The zero-order valence-electron chi connectivity index (χ0n) is 6.26. The SMILES string of the molecule is CN(C)C1C=NN(C(=O)O)O1. The summed E-state index contributed by atoms with van der Waals surface area (Å²) in [5, 5.41) is 12.4. The van der Waals surface area contributed by atoms with E-state index in [1.54, 1.807) is 19.0 Å². The van der Waals surface area contributed by atoms with Gasteiger partial charge in [-0.25, -0.2) is 9.63 Å². The van der Waals surface area contributed by atoms with Crippen molar-refractivity contribution in [3.63, 3.8) is 0 Å². The smallest absolute Gasteiger partial charge is 0.453 e. The summed E-state index contributed by atoms with van der Waals surface area (Å²) in [7, 11) is 3.53. The minimum absolute atomic E-state index is 0.383. The molecule has 1 heterocycles. The van der Waals surface area contributed by atoms with Crippen LogP contribution >= 0.6 is 0 Å². The number of hydroxylamine groups is 1. The van der Waals surface area contributed by atoms with Crippen LogP contribution in [0.25, 0.3) is 0 Å². The van der Waals surface area contributed by atoms with Crippen molar-refractivity contribution in [1.82, 2.24) is 10.1 Å². The Morgan fingerprint density at radius 2 is 2.45 bits per heavy atom. The minimum Gasteiger partial charge on any atom is -0.462 e. The molecule has 1 aliphatic rings. The van der Waals surface area contributed by atoms with Gasteiger partial charge in [0, 0.05) is 0 Å². The second-order valence-electron chi connectivity index (χ2n) is 2.28. The number of hydrazone groups is 1. The van der Waals surface area contributed by atoms with Gasteiger partial charge in [-0.05, 0) is 14.1 Å². The van der Waals surface area contributed by atoms with Gasteiger partial charge in [-0.3, -0.25) is 4.90 Å². The summed E-state index contributed by atoms with van der Waals surface area (Å²) in [6, 6.07) is 0. The largest absolute Gasteiger partial charge is 0.462 e. The summed E-state index contributed by atoms with van der Waals surface area (Å²) in [5.41, 5.74) is 0. The molecule has 0 radical (unpaired) electrons. The number of hydrogen-bond acceptors (Lipinski definition) is 4. The Bertz CT molecular complexity index is 191. The van der Waals surface area contributed by atoms with Gasteiger partial charge < -0.3 is 5.11 Å². The third-order valence-corrected chi connectivity index (χ3v) is 1.18. The number of nitrogens with zero attached hydrogens (tertiary/aromatic N) is 3. The molecule has 0 saturated carbocycles. The standard InChI is InChI=1S/C5H9N3O3/c1-7(2)4-3-6-8(11-4)5(9)10/h3-4H,1-2H3,(H,9,10). The molecule has 6 heteroatoms. The molecule has 1 rings (SSSR count). The monoisotopic (exact) mass is 159 g/mol. The van der Waals surface area contributed by atoms with Crippen molar-refractivity contribution in [3.8, 4) is 0 Å². The highest BCUT2D eigenvalue weighted by Crippen LogP contribution is 2.06. The third-order valence-electron chi connectivity index (χ3n) is 1.18. The maximum atomic E-state index is 10.2. The lowest BCUT2D eigenvalue weighted by molar-refractivity contribution is -0.162. The maximum absolute atomic E-state index is 10.2. The van der Waals surface area contributed by atoms with Gasteiger partial charge >= 0.3 is 6.09 Å². The third kappa shape index (κ3) is 1.66. The molecule has 0 aromatic carbocycles. The zero-order chi connectivity index (χ0) is 8.43. The number of carbonyl (C=O) groups is 1. The van der Waals surface area contributed by atoms with E-state index in [1.807, 2.05) is 0 Å². The van der Waals surface area contributed by atoms with Crippen LogP contribution < -0.4 is 0 Å². The molecule has 1 N–H and O–H groups in total. The van der Waals surface area contributed by atoms with E-state index >= 15 is 0 Å². The lowest BCUT2D eigenvalue weighted by Crippen LogP contribution is -2.33. The Kier molecular flexibility index (Phi) is 2.06. The van der Waals surface area contributed by atoms with E-state index in [-0.39, 0.29) is 6.23 Å². The van der Waals surface area contributed by atoms with E-state index < -0.39 is 6.09 Å². The number of hydrogen-bond donors (Lipinski definition) is 1. The van der Waals surface area contributed by atoms with Crippen LogP contribution in [0.4, 0.5) is 4.79 Å². The van der Waals surface area contributed by atoms with Crippen LogP contribution in [0.15, 0.2) is 5.10 Å². The van der Waals surface area contributed by atoms with Crippen LogP contribution in [0.5, 0.6) is 0 Å². The van der Waals surface area contributed by atoms with Crippen LogP contribution in [0.2, 0.25) is 0 Å². The Balaban J connectivity index is 2.49. The van der Waals surface area contributed by atoms with Crippen molar-refractivity contribution in [2.24, 2.45) is 5.10 Å². The van der Waals surface area contributed by atoms with Crippen LogP contribution in [0, 0.1) is 0 Å². The molecule has 0 aliphatic carbocycles. The van der Waals surface area contributed by atoms with Crippen molar-refractivity contribution < 1.29 is 14.7 Å². The van der Waals surface area contributed by atoms with Gasteiger partial charge in [-0.15, -0.1) is 5.10 Å². The average Bonchev–Trinajstić information content (AvgIpc) is 2.33. The van der Waals surface area contributed by atoms with E-state index in [0.29, 0.717) is 5.17 Å². The van der Waals surface area contributed by atoms with Gasteiger partial charge in [0.25, 0.3) is 0 Å². The highest BCUT2D eigenvalue weighted by Gasteiger charge is 2.24. The first-order valence-electron chi connectivity index (χ1n) is 3.01. The van der Waals surface area contributed by atoms with Gasteiger partial charge in [0.05, 0.1) is 6.21 Å². The predicted octanol–water partition coefficient (Wildman–Crippen LogP) is -0.215. The Labute approximate surface area is 63.6 Å². The molecule has 1 unspecified atom stereocenters. The fourth-order valence-electron chi connectivity index (χ4n) is 0.596. The summed E-state index contributed by atoms with van der Waals surface area (Å²) in [6.07, 6.45) is -0.189. The van der Waals surface area contributed by atoms with Crippen molar-refractivity contribution in [1.29, 1.82) is 0 Å². The van der Waals surface area contributed by atoms with Gasteiger partial charge in [0.2, 0.25) is 0 Å². The van der Waals surface area contributed by atoms with E-state index in [9.17, 15) is 4.79 Å². The highest BCUT2D eigenvalue weighted by atomic mass is 16.8. The molecule has 0 aromatic rings. The molecule has 62 valence electrons. The van der Waals surface area contributed by atoms with Crippen LogP contribution in [-0.4, -0.2) is 47.8 Å². The quantitative estimate of drug-likeness (QED) is 0.574. The molecule has 1 amide bonds. The molecule has 0 aromatic heterocycles. The normalized spacial score (nSPS) is 23.2. The van der Waals surface area contributed by atoms with Gasteiger partial charge in [0.15, 0.2) is 6.23 Å². The fraction of sp³-hybridized carbons (Fsp3) is 0.600. The summed E-state index contributed by atoms with van der Waals surface area (Å²) in [4.78, 5) is 16.8. The second kappa shape index (κ2) is 2.85. The molecular formula is C5H9N3O3. The van der Waals surface area contributed by atoms with E-state index in [4.69, 9.17) is 9.94 Å². The van der Waals surface area contributed by atoms with Gasteiger partial charge in [-0.1, -0.05) is 5.17 Å². The van der Waals surface area contributed by atoms with Crippen molar-refractivity contribution in [3.05, 3.63) is 0 Å². The lowest BCUT2D eigenvalue weighted by Gasteiger charge is -2.16. The number of carboxylic acid groups (broad SMARTS) is 1. The highest BCUT2D eigenvalue weighted by molar-refractivity contribution is 5.70. The van der Waals surface area contributed by atoms with Crippen molar-refractivity contribution in [2.45, 2.75) is 6.23 Å². The van der Waals surface area contributed by atoms with Gasteiger partial charge in [0.1, 0.15) is 0 Å². The Morgan fingerprint density at radius 3 is 2.73 bits per heavy atom. The van der Waals surface area contributed by atoms with E-state index in [1.165, 1.54) is 6.21 Å².